The van der Waals surface area contributed by atoms with Crippen LogP contribution in [-0.2, 0) is 32.7 Å². The summed E-state index contributed by atoms with van der Waals surface area (Å²) >= 11 is 0. The molecule has 12 heteroatoms. The van der Waals surface area contributed by atoms with Crippen molar-refractivity contribution >= 4 is 25.2 Å². The molecular formula is C23H29N2O9P. The Morgan fingerprint density at radius 3 is 2.46 bits per heavy atom. The first-order valence-corrected chi connectivity index (χ1v) is 12.6. The fourth-order valence-electron chi connectivity index (χ4n) is 3.83. The van der Waals surface area contributed by atoms with Gasteiger partial charge in [-0.2, -0.15) is 0 Å². The lowest BCUT2D eigenvalue weighted by molar-refractivity contribution is -0.384. The predicted molar refractivity (Wildman–Crippen MR) is 125 cm³/mol. The minimum absolute atomic E-state index is 0.0471. The van der Waals surface area contributed by atoms with E-state index in [1.165, 1.54) is 18.2 Å². The summed E-state index contributed by atoms with van der Waals surface area (Å²) in [5.41, 5.74) is 0.632. The van der Waals surface area contributed by atoms with Crippen LogP contribution in [0.1, 0.15) is 52.5 Å². The van der Waals surface area contributed by atoms with Crippen LogP contribution in [0.5, 0.6) is 0 Å². The molecule has 1 N–H and O–H groups in total. The van der Waals surface area contributed by atoms with Gasteiger partial charge >= 0.3 is 19.5 Å². The van der Waals surface area contributed by atoms with Gasteiger partial charge in [0.15, 0.2) is 0 Å². The van der Waals surface area contributed by atoms with Crippen LogP contribution in [0.2, 0.25) is 0 Å². The zero-order valence-corrected chi connectivity index (χ0v) is 21.2. The third kappa shape index (κ3) is 5.80. The SMILES string of the molecule is CCC(=O)OCOC(=O)C1=C(C)NC(C)=C(P2(=O)OCC(C)(C)CO2)[C@H]1c1cccc([N+](=O)[O-])c1. The summed E-state index contributed by atoms with van der Waals surface area (Å²) in [6, 6.07) is 5.69. The van der Waals surface area contributed by atoms with Gasteiger partial charge in [-0.1, -0.05) is 32.9 Å². The van der Waals surface area contributed by atoms with Gasteiger partial charge in [0.25, 0.3) is 5.69 Å². The number of carbonyl (C=O) groups excluding carboxylic acids is 2. The van der Waals surface area contributed by atoms with Crippen molar-refractivity contribution in [1.82, 2.24) is 5.32 Å². The van der Waals surface area contributed by atoms with E-state index in [0.29, 0.717) is 17.0 Å². The average Bonchev–Trinajstić information content (AvgIpc) is 2.80. The molecule has 0 aromatic heterocycles. The first-order chi connectivity index (χ1) is 16.4. The normalized spacial score (nSPS) is 21.2. The lowest BCUT2D eigenvalue weighted by atomic mass is 9.86. The smallest absolute Gasteiger partial charge is 0.360 e. The molecule has 0 bridgehead atoms. The fraction of sp³-hybridized carbons (Fsp3) is 0.478. The number of dihydropyridines is 1. The highest BCUT2D eigenvalue weighted by Gasteiger charge is 2.48. The zero-order chi connectivity index (χ0) is 26.0. The first kappa shape index (κ1) is 26.6. The molecule has 1 atom stereocenters. The van der Waals surface area contributed by atoms with E-state index in [0.717, 1.165) is 0 Å². The second-order valence-electron chi connectivity index (χ2n) is 9.09. The maximum Gasteiger partial charge on any atom is 0.360 e. The molecule has 2 aliphatic rings. The zero-order valence-electron chi connectivity index (χ0n) is 20.3. The van der Waals surface area contributed by atoms with Gasteiger partial charge in [-0.15, -0.1) is 0 Å². The summed E-state index contributed by atoms with van der Waals surface area (Å²) in [4.78, 5) is 35.5. The Balaban J connectivity index is 2.09. The largest absolute Gasteiger partial charge is 0.428 e. The number of ether oxygens (including phenoxy) is 2. The Kier molecular flexibility index (Phi) is 7.83. The van der Waals surface area contributed by atoms with E-state index < -0.39 is 37.2 Å². The Morgan fingerprint density at radius 1 is 1.20 bits per heavy atom. The molecule has 1 fully saturated rings. The minimum Gasteiger partial charge on any atom is -0.428 e. The molecule has 1 saturated heterocycles. The summed E-state index contributed by atoms with van der Waals surface area (Å²) < 4.78 is 35.6. The van der Waals surface area contributed by atoms with Gasteiger partial charge in [-0.3, -0.25) is 19.5 Å². The van der Waals surface area contributed by atoms with Crippen molar-refractivity contribution in [3.63, 3.8) is 0 Å². The summed E-state index contributed by atoms with van der Waals surface area (Å²) in [7, 11) is -3.92. The molecular weight excluding hydrogens is 479 g/mol. The summed E-state index contributed by atoms with van der Waals surface area (Å²) in [6.07, 6.45) is 0.109. The third-order valence-corrected chi connectivity index (χ3v) is 7.73. The second kappa shape index (κ2) is 10.3. The number of hydrogen-bond donors (Lipinski definition) is 1. The maximum atomic E-state index is 14.0. The summed E-state index contributed by atoms with van der Waals surface area (Å²) in [5, 5.41) is 14.7. The van der Waals surface area contributed by atoms with E-state index in [-0.39, 0.29) is 41.6 Å². The number of carbonyl (C=O) groups is 2. The van der Waals surface area contributed by atoms with Gasteiger partial charge in [-0.25, -0.2) is 4.79 Å². The molecule has 35 heavy (non-hydrogen) atoms. The topological polar surface area (TPSA) is 143 Å². The van der Waals surface area contributed by atoms with Crippen molar-refractivity contribution in [1.29, 1.82) is 0 Å². The van der Waals surface area contributed by atoms with Crippen molar-refractivity contribution in [2.45, 2.75) is 47.0 Å². The number of hydrogen-bond acceptors (Lipinski definition) is 10. The van der Waals surface area contributed by atoms with Gasteiger partial charge < -0.3 is 23.8 Å². The minimum atomic E-state index is -3.92. The molecule has 1 aromatic carbocycles. The van der Waals surface area contributed by atoms with Crippen LogP contribution in [0.3, 0.4) is 0 Å². The summed E-state index contributed by atoms with van der Waals surface area (Å²) in [5.74, 6) is -2.42. The lowest BCUT2D eigenvalue weighted by Gasteiger charge is -2.39. The van der Waals surface area contributed by atoms with Crippen molar-refractivity contribution in [3.8, 4) is 0 Å². The molecule has 11 nitrogen and oxygen atoms in total. The predicted octanol–water partition coefficient (Wildman–Crippen LogP) is 4.51. The Bertz CT molecular complexity index is 1140. The molecule has 0 amide bonds. The third-order valence-electron chi connectivity index (χ3n) is 5.60. The Morgan fingerprint density at radius 2 is 1.86 bits per heavy atom. The number of nitrogens with one attached hydrogen (secondary N) is 1. The Hall–Kier alpha value is -3.01. The van der Waals surface area contributed by atoms with Crippen LogP contribution in [0.4, 0.5) is 5.69 Å². The molecule has 0 radical (unpaired) electrons. The first-order valence-electron chi connectivity index (χ1n) is 11.0. The number of nitro groups is 1. The average molecular weight is 508 g/mol. The van der Waals surface area contributed by atoms with Gasteiger partial charge in [-0.05, 0) is 19.4 Å². The van der Waals surface area contributed by atoms with Crippen LogP contribution < -0.4 is 5.32 Å². The molecule has 0 spiro atoms. The van der Waals surface area contributed by atoms with Crippen molar-refractivity contribution in [3.05, 3.63) is 62.2 Å². The van der Waals surface area contributed by atoms with Gasteiger partial charge in [0.05, 0.1) is 34.9 Å². The number of nitrogens with zero attached hydrogens (tertiary/aromatic N) is 1. The van der Waals surface area contributed by atoms with E-state index >= 15 is 0 Å². The number of benzene rings is 1. The standard InChI is InChI=1S/C23H29N2O9P/c1-6-18(26)31-13-32-22(27)19-14(2)24-15(3)21(35(30)33-11-23(4,5)12-34-35)20(19)16-8-7-9-17(10-16)25(28)29/h7-10,20,24H,6,11-13H2,1-5H3/t20-/m0/s1. The van der Waals surface area contributed by atoms with E-state index in [4.69, 9.17) is 18.5 Å². The Labute approximate surface area is 203 Å². The second-order valence-corrected chi connectivity index (χ2v) is 11.1. The highest BCUT2D eigenvalue weighted by atomic mass is 31.2. The van der Waals surface area contributed by atoms with E-state index in [1.807, 2.05) is 13.8 Å². The van der Waals surface area contributed by atoms with Crippen molar-refractivity contribution in [2.24, 2.45) is 5.41 Å². The van der Waals surface area contributed by atoms with Crippen LogP contribution in [0, 0.1) is 15.5 Å². The number of rotatable bonds is 7. The quantitative estimate of drug-likeness (QED) is 0.184. The van der Waals surface area contributed by atoms with Crippen LogP contribution in [-0.4, -0.2) is 36.9 Å². The van der Waals surface area contributed by atoms with Gasteiger partial charge in [0, 0.05) is 35.4 Å². The van der Waals surface area contributed by atoms with Crippen LogP contribution >= 0.6 is 7.60 Å². The van der Waals surface area contributed by atoms with Crippen molar-refractivity contribution in [2.75, 3.05) is 20.0 Å². The van der Waals surface area contributed by atoms with E-state index in [1.54, 1.807) is 26.8 Å². The molecule has 190 valence electrons. The highest BCUT2D eigenvalue weighted by molar-refractivity contribution is 7.58. The van der Waals surface area contributed by atoms with Crippen LogP contribution in [0.25, 0.3) is 0 Å². The number of allylic oxidation sites excluding steroid dienone is 3. The molecule has 2 aliphatic heterocycles. The summed E-state index contributed by atoms with van der Waals surface area (Å²) in [6.45, 7) is 8.39. The number of esters is 2. The van der Waals surface area contributed by atoms with Gasteiger partial charge in [0.2, 0.25) is 6.79 Å². The number of non-ortho nitro benzene ring substituents is 1. The molecule has 3 rings (SSSR count). The molecule has 0 unspecified atom stereocenters. The maximum absolute atomic E-state index is 14.0. The molecule has 0 saturated carbocycles. The van der Waals surface area contributed by atoms with Crippen molar-refractivity contribution < 1.29 is 37.6 Å². The molecule has 2 heterocycles. The molecule has 0 aliphatic carbocycles. The van der Waals surface area contributed by atoms with Crippen LogP contribution in [0.15, 0.2) is 46.5 Å². The highest BCUT2D eigenvalue weighted by Crippen LogP contribution is 2.66. The number of nitro benzene ring substituents is 1. The lowest BCUT2D eigenvalue weighted by Crippen LogP contribution is -2.34. The fourth-order valence-corrected chi connectivity index (χ4v) is 6.28. The van der Waals surface area contributed by atoms with E-state index in [9.17, 15) is 24.3 Å². The monoisotopic (exact) mass is 508 g/mol. The van der Waals surface area contributed by atoms with Gasteiger partial charge in [0.1, 0.15) is 0 Å². The van der Waals surface area contributed by atoms with E-state index in [2.05, 4.69) is 5.32 Å². The molecule has 1 aromatic rings.